The van der Waals surface area contributed by atoms with Gasteiger partial charge in [0.15, 0.2) is 0 Å². The normalized spacial score (nSPS) is 14.8. The Balaban J connectivity index is 0.000000304. The molecule has 1 N–H and O–H groups in total. The van der Waals surface area contributed by atoms with E-state index >= 15 is 0 Å². The van der Waals surface area contributed by atoms with Gasteiger partial charge in [-0.25, -0.2) is 0 Å². The highest BCUT2D eigenvalue weighted by atomic mass is 16.2. The Bertz CT molecular complexity index is 296. The third-order valence-corrected chi connectivity index (χ3v) is 2.06. The van der Waals surface area contributed by atoms with E-state index in [0.29, 0.717) is 0 Å². The number of carbonyl (C=O) groups is 2. The molecule has 1 aliphatic rings. The molecule has 0 bridgehead atoms. The Hall–Kier alpha value is -1.58. The van der Waals surface area contributed by atoms with Crippen LogP contribution in [0.3, 0.4) is 0 Å². The number of carbonyl (C=O) groups excluding carboxylic acids is 2. The van der Waals surface area contributed by atoms with Gasteiger partial charge in [-0.2, -0.15) is 0 Å². The number of hydrogen-bond acceptors (Lipinski definition) is 2. The van der Waals surface area contributed by atoms with Gasteiger partial charge in [-0.05, 0) is 33.3 Å². The summed E-state index contributed by atoms with van der Waals surface area (Å²) in [4.78, 5) is 23.0. The first-order valence-corrected chi connectivity index (χ1v) is 5.86. The molecule has 0 aromatic heterocycles. The van der Waals surface area contributed by atoms with Crippen LogP contribution < -0.4 is 5.32 Å². The summed E-state index contributed by atoms with van der Waals surface area (Å²) in [7, 11) is 0. The molecule has 17 heavy (non-hydrogen) atoms. The maximum atomic E-state index is 10.8. The van der Waals surface area contributed by atoms with Crippen molar-refractivity contribution in [2.24, 2.45) is 0 Å². The van der Waals surface area contributed by atoms with Crippen molar-refractivity contribution in [1.29, 1.82) is 0 Å². The summed E-state index contributed by atoms with van der Waals surface area (Å²) in [6.45, 7) is 9.94. The van der Waals surface area contributed by atoms with E-state index in [4.69, 9.17) is 0 Å². The van der Waals surface area contributed by atoms with Gasteiger partial charge in [0, 0.05) is 25.2 Å². The van der Waals surface area contributed by atoms with Gasteiger partial charge < -0.3 is 10.2 Å². The Morgan fingerprint density at radius 3 is 2.47 bits per heavy atom. The van der Waals surface area contributed by atoms with Crippen LogP contribution >= 0.6 is 0 Å². The first kappa shape index (κ1) is 15.4. The number of nitrogens with zero attached hydrogens (tertiary/aromatic N) is 1. The van der Waals surface area contributed by atoms with Crippen LogP contribution in [0.5, 0.6) is 0 Å². The monoisotopic (exact) mass is 238 g/mol. The molecule has 0 saturated carbocycles. The summed E-state index contributed by atoms with van der Waals surface area (Å²) in [5.41, 5.74) is 0. The fourth-order valence-corrected chi connectivity index (χ4v) is 1.35. The highest BCUT2D eigenvalue weighted by molar-refractivity contribution is 5.86. The van der Waals surface area contributed by atoms with Crippen LogP contribution in [0, 0.1) is 0 Å². The summed E-state index contributed by atoms with van der Waals surface area (Å²) in [5.74, 6) is 0.146. The van der Waals surface area contributed by atoms with Crippen molar-refractivity contribution in [1.82, 2.24) is 10.2 Å². The highest BCUT2D eigenvalue weighted by Crippen LogP contribution is 2.08. The molecule has 1 rings (SSSR count). The van der Waals surface area contributed by atoms with Gasteiger partial charge in [0.05, 0.1) is 0 Å². The number of rotatable bonds is 3. The summed E-state index contributed by atoms with van der Waals surface area (Å²) >= 11 is 0. The lowest BCUT2D eigenvalue weighted by Crippen LogP contribution is -2.27. The van der Waals surface area contributed by atoms with E-state index in [2.05, 4.69) is 11.9 Å². The van der Waals surface area contributed by atoms with Crippen molar-refractivity contribution in [3.05, 3.63) is 24.9 Å². The largest absolute Gasteiger partial charge is 0.350 e. The minimum absolute atomic E-state index is 0.111. The van der Waals surface area contributed by atoms with E-state index in [-0.39, 0.29) is 17.9 Å². The van der Waals surface area contributed by atoms with Crippen molar-refractivity contribution >= 4 is 11.8 Å². The standard InChI is InChI=1S/C7H11NO.C6H11NO/c1-2-5-8-6-3-4-7(8)9;1-4-6(8)7-5(2)3/h2,5H,3-4,6H2,1H3;4-5H,1H2,2-3H3,(H,7,8). The molecule has 0 aromatic rings. The van der Waals surface area contributed by atoms with E-state index in [9.17, 15) is 9.59 Å². The first-order valence-electron chi connectivity index (χ1n) is 5.86. The zero-order valence-corrected chi connectivity index (χ0v) is 10.9. The maximum Gasteiger partial charge on any atom is 0.243 e. The lowest BCUT2D eigenvalue weighted by atomic mass is 10.4. The van der Waals surface area contributed by atoms with Gasteiger partial charge in [0.1, 0.15) is 0 Å². The molecule has 1 saturated heterocycles. The molecule has 0 radical (unpaired) electrons. The van der Waals surface area contributed by atoms with Crippen molar-refractivity contribution in [2.45, 2.75) is 39.7 Å². The summed E-state index contributed by atoms with van der Waals surface area (Å²) in [5, 5.41) is 2.64. The van der Waals surface area contributed by atoms with Crippen LogP contribution in [-0.2, 0) is 9.59 Å². The summed E-state index contributed by atoms with van der Waals surface area (Å²) < 4.78 is 0. The van der Waals surface area contributed by atoms with Crippen LogP contribution in [0.2, 0.25) is 0 Å². The number of nitrogens with one attached hydrogen (secondary N) is 1. The summed E-state index contributed by atoms with van der Waals surface area (Å²) in [6.07, 6.45) is 6.74. The molecule has 1 fully saturated rings. The molecule has 1 aliphatic heterocycles. The van der Waals surface area contributed by atoms with Crippen molar-refractivity contribution < 1.29 is 9.59 Å². The van der Waals surface area contributed by atoms with Crippen LogP contribution in [-0.4, -0.2) is 29.3 Å². The minimum Gasteiger partial charge on any atom is -0.350 e. The highest BCUT2D eigenvalue weighted by Gasteiger charge is 2.16. The predicted molar refractivity (Wildman–Crippen MR) is 69.2 cm³/mol. The van der Waals surface area contributed by atoms with E-state index < -0.39 is 0 Å². The van der Waals surface area contributed by atoms with Gasteiger partial charge in [-0.15, -0.1) is 0 Å². The van der Waals surface area contributed by atoms with Crippen LogP contribution in [0.4, 0.5) is 0 Å². The fraction of sp³-hybridized carbons (Fsp3) is 0.538. The molecular weight excluding hydrogens is 216 g/mol. The smallest absolute Gasteiger partial charge is 0.243 e. The molecule has 1 heterocycles. The number of allylic oxidation sites excluding steroid dienone is 1. The SMILES string of the molecule is C=CC(=O)NC(C)C.CC=CN1CCCC1=O. The van der Waals surface area contributed by atoms with Crippen LogP contribution in [0.1, 0.15) is 33.6 Å². The average Bonchev–Trinajstić information content (AvgIpc) is 2.65. The second kappa shape index (κ2) is 8.56. The van der Waals surface area contributed by atoms with E-state index in [1.165, 1.54) is 6.08 Å². The lowest BCUT2D eigenvalue weighted by Gasteiger charge is -2.06. The van der Waals surface area contributed by atoms with E-state index in [1.54, 1.807) is 4.90 Å². The molecule has 0 unspecified atom stereocenters. The maximum absolute atomic E-state index is 10.8. The topological polar surface area (TPSA) is 49.4 Å². The van der Waals surface area contributed by atoms with Gasteiger partial charge >= 0.3 is 0 Å². The molecule has 2 amide bonds. The van der Waals surface area contributed by atoms with Crippen LogP contribution in [0.25, 0.3) is 0 Å². The molecular formula is C13H22N2O2. The number of likely N-dealkylation sites (tertiary alicyclic amines) is 1. The lowest BCUT2D eigenvalue weighted by molar-refractivity contribution is -0.125. The molecule has 4 nitrogen and oxygen atoms in total. The zero-order valence-electron chi connectivity index (χ0n) is 10.9. The van der Waals surface area contributed by atoms with Crippen molar-refractivity contribution in [2.75, 3.05) is 6.54 Å². The molecule has 0 aliphatic carbocycles. The third kappa shape index (κ3) is 7.33. The zero-order chi connectivity index (χ0) is 13.3. The van der Waals surface area contributed by atoms with Crippen molar-refractivity contribution in [3.63, 3.8) is 0 Å². The number of amides is 2. The van der Waals surface area contributed by atoms with Gasteiger partial charge in [-0.1, -0.05) is 12.7 Å². The predicted octanol–water partition coefficient (Wildman–Crippen LogP) is 1.84. The quantitative estimate of drug-likeness (QED) is 0.763. The Morgan fingerprint density at radius 2 is 2.18 bits per heavy atom. The number of hydrogen-bond donors (Lipinski definition) is 1. The summed E-state index contributed by atoms with van der Waals surface area (Å²) in [6, 6.07) is 0.209. The Kier molecular flexibility index (Phi) is 7.76. The second-order valence-corrected chi connectivity index (χ2v) is 4.04. The van der Waals surface area contributed by atoms with Crippen LogP contribution in [0.15, 0.2) is 24.9 Å². The molecule has 4 heteroatoms. The van der Waals surface area contributed by atoms with Crippen molar-refractivity contribution in [3.8, 4) is 0 Å². The molecule has 0 spiro atoms. The Labute approximate surface area is 103 Å². The average molecular weight is 238 g/mol. The third-order valence-electron chi connectivity index (χ3n) is 2.06. The molecule has 96 valence electrons. The Morgan fingerprint density at radius 1 is 1.53 bits per heavy atom. The second-order valence-electron chi connectivity index (χ2n) is 4.04. The minimum atomic E-state index is -0.111. The van der Waals surface area contributed by atoms with E-state index in [1.807, 2.05) is 33.0 Å². The fourth-order valence-electron chi connectivity index (χ4n) is 1.35. The van der Waals surface area contributed by atoms with Gasteiger partial charge in [0.2, 0.25) is 11.8 Å². The van der Waals surface area contributed by atoms with Gasteiger partial charge in [0.25, 0.3) is 0 Å². The first-order chi connectivity index (χ1) is 8.01. The molecule has 0 aromatic carbocycles. The van der Waals surface area contributed by atoms with Gasteiger partial charge in [-0.3, -0.25) is 9.59 Å². The molecule has 0 atom stereocenters. The van der Waals surface area contributed by atoms with E-state index in [0.717, 1.165) is 19.4 Å².